The van der Waals surface area contributed by atoms with E-state index >= 15 is 0 Å². The van der Waals surface area contributed by atoms with Crippen LogP contribution in [-0.2, 0) is 76.1 Å². The predicted molar refractivity (Wildman–Crippen MR) is 131 cm³/mol. The molecule has 238 valence electrons. The Morgan fingerprint density at radius 1 is 0.524 bits per heavy atom. The van der Waals surface area contributed by atoms with E-state index in [0.29, 0.717) is 0 Å². The Kier molecular flexibility index (Phi) is 13.0. The number of carbonyl (C=O) groups excluding carboxylic acids is 6. The summed E-state index contributed by atoms with van der Waals surface area (Å²) in [5.41, 5.74) is 0. The van der Waals surface area contributed by atoms with Gasteiger partial charge in [-0.25, -0.2) is 0 Å². The van der Waals surface area contributed by atoms with Gasteiger partial charge in [0.1, 0.15) is 12.2 Å². The van der Waals surface area contributed by atoms with Crippen molar-refractivity contribution >= 4 is 35.8 Å². The second kappa shape index (κ2) is 15.7. The van der Waals surface area contributed by atoms with E-state index in [0.717, 1.165) is 41.5 Å². The molecular weight excluding hydrogens is 572 g/mol. The number of rotatable bonds is 11. The van der Waals surface area contributed by atoms with E-state index in [9.17, 15) is 33.9 Å². The van der Waals surface area contributed by atoms with Gasteiger partial charge in [-0.2, -0.15) is 0 Å². The van der Waals surface area contributed by atoms with Gasteiger partial charge in [0.05, 0.1) is 13.2 Å². The first-order valence-corrected chi connectivity index (χ1v) is 12.8. The Hall–Kier alpha value is -3.38. The summed E-state index contributed by atoms with van der Waals surface area (Å²) in [6, 6.07) is 0. The van der Waals surface area contributed by atoms with Crippen LogP contribution >= 0.6 is 0 Å². The van der Waals surface area contributed by atoms with Crippen molar-refractivity contribution in [1.82, 2.24) is 0 Å². The van der Waals surface area contributed by atoms with E-state index in [1.807, 2.05) is 0 Å². The largest absolute Gasteiger partial charge is 0.456 e. The highest BCUT2D eigenvalue weighted by Gasteiger charge is 2.55. The lowest BCUT2D eigenvalue weighted by Gasteiger charge is -2.46. The third-order valence-corrected chi connectivity index (χ3v) is 5.83. The van der Waals surface area contributed by atoms with Crippen LogP contribution in [0, 0.1) is 0 Å². The Bertz CT molecular complexity index is 919. The summed E-state index contributed by atoms with van der Waals surface area (Å²) in [6.45, 7) is 5.20. The fourth-order valence-electron chi connectivity index (χ4n) is 4.50. The summed E-state index contributed by atoms with van der Waals surface area (Å²) in [5, 5.41) is 9.95. The number of hydrogen-bond donors (Lipinski definition) is 1. The number of aliphatic hydroxyl groups excluding tert-OH is 1. The molecule has 0 bridgehead atoms. The maximum Gasteiger partial charge on any atom is 0.303 e. The molecule has 2 saturated heterocycles. The highest BCUT2D eigenvalue weighted by Crippen LogP contribution is 2.32. The predicted octanol–water partition coefficient (Wildman–Crippen LogP) is -1.32. The van der Waals surface area contributed by atoms with E-state index in [1.165, 1.54) is 7.11 Å². The lowest BCUT2D eigenvalue weighted by Crippen LogP contribution is -2.64. The van der Waals surface area contributed by atoms with Crippen molar-refractivity contribution in [3.05, 3.63) is 0 Å². The molecule has 0 aromatic heterocycles. The van der Waals surface area contributed by atoms with Crippen LogP contribution in [-0.4, -0.2) is 123 Å². The van der Waals surface area contributed by atoms with Crippen LogP contribution in [0.4, 0.5) is 0 Å². The van der Waals surface area contributed by atoms with Gasteiger partial charge in [0.2, 0.25) is 0 Å². The van der Waals surface area contributed by atoms with Crippen LogP contribution in [0.3, 0.4) is 0 Å². The van der Waals surface area contributed by atoms with Crippen molar-refractivity contribution in [2.75, 3.05) is 20.3 Å². The Labute approximate surface area is 240 Å². The molecule has 0 radical (unpaired) electrons. The van der Waals surface area contributed by atoms with Crippen LogP contribution in [0.1, 0.15) is 41.5 Å². The summed E-state index contributed by atoms with van der Waals surface area (Å²) in [6.07, 6.45) is -14.0. The minimum absolute atomic E-state index is 0.534. The van der Waals surface area contributed by atoms with Crippen molar-refractivity contribution in [2.45, 2.75) is 103 Å². The monoisotopic (exact) mass is 608 g/mol. The van der Waals surface area contributed by atoms with Gasteiger partial charge in [-0.1, -0.05) is 0 Å². The normalized spacial score (nSPS) is 32.6. The molecule has 0 aromatic carbocycles. The maximum absolute atomic E-state index is 12.0. The Morgan fingerprint density at radius 2 is 0.857 bits per heavy atom. The highest BCUT2D eigenvalue weighted by molar-refractivity contribution is 5.69. The van der Waals surface area contributed by atoms with E-state index in [2.05, 4.69) is 0 Å². The summed E-state index contributed by atoms with van der Waals surface area (Å²) >= 11 is 0. The van der Waals surface area contributed by atoms with Crippen molar-refractivity contribution < 1.29 is 81.2 Å². The molecule has 2 fully saturated rings. The quantitative estimate of drug-likeness (QED) is 0.213. The molecule has 1 N–H and O–H groups in total. The summed E-state index contributed by atoms with van der Waals surface area (Å²) in [7, 11) is 1.22. The van der Waals surface area contributed by atoms with Gasteiger partial charge in [0.15, 0.2) is 49.2 Å². The molecule has 0 aromatic rings. The van der Waals surface area contributed by atoms with Crippen LogP contribution in [0.15, 0.2) is 0 Å². The molecular formula is C25H36O17. The zero-order chi connectivity index (χ0) is 31.7. The van der Waals surface area contributed by atoms with Crippen molar-refractivity contribution in [2.24, 2.45) is 0 Å². The molecule has 2 aliphatic heterocycles. The van der Waals surface area contributed by atoms with Crippen LogP contribution < -0.4 is 0 Å². The first-order valence-electron chi connectivity index (χ1n) is 12.8. The van der Waals surface area contributed by atoms with Gasteiger partial charge in [0, 0.05) is 48.7 Å². The van der Waals surface area contributed by atoms with Crippen LogP contribution in [0.5, 0.6) is 0 Å². The molecule has 17 heteroatoms. The maximum atomic E-state index is 12.0. The molecule has 0 saturated carbocycles. The number of esters is 6. The van der Waals surface area contributed by atoms with E-state index in [-0.39, 0.29) is 0 Å². The number of methoxy groups -OCH3 is 1. The molecule has 2 heterocycles. The molecule has 0 spiro atoms. The second-order valence-electron chi connectivity index (χ2n) is 9.28. The number of carbonyl (C=O) groups is 6. The first kappa shape index (κ1) is 34.8. The average Bonchev–Trinajstić information content (AvgIpc) is 2.86. The lowest BCUT2D eigenvalue weighted by molar-refractivity contribution is -0.332. The van der Waals surface area contributed by atoms with Gasteiger partial charge in [-0.15, -0.1) is 0 Å². The molecule has 2 rings (SSSR count). The molecule has 42 heavy (non-hydrogen) atoms. The van der Waals surface area contributed by atoms with Crippen LogP contribution in [0.2, 0.25) is 0 Å². The van der Waals surface area contributed by atoms with E-state index in [4.69, 9.17) is 47.4 Å². The lowest BCUT2D eigenvalue weighted by atomic mass is 9.97. The summed E-state index contributed by atoms with van der Waals surface area (Å²) in [4.78, 5) is 71.4. The molecule has 10 atom stereocenters. The van der Waals surface area contributed by atoms with Gasteiger partial charge in [0.25, 0.3) is 0 Å². The number of hydrogen-bond acceptors (Lipinski definition) is 17. The minimum atomic E-state index is -1.57. The van der Waals surface area contributed by atoms with Gasteiger partial charge >= 0.3 is 35.8 Å². The summed E-state index contributed by atoms with van der Waals surface area (Å²) < 4.78 is 54.5. The summed E-state index contributed by atoms with van der Waals surface area (Å²) in [5.74, 6) is -4.86. The number of ether oxygens (including phenoxy) is 10. The Balaban J connectivity index is 2.45. The van der Waals surface area contributed by atoms with Crippen LogP contribution in [0.25, 0.3) is 0 Å². The van der Waals surface area contributed by atoms with E-state index < -0.39 is 110 Å². The zero-order valence-corrected chi connectivity index (χ0v) is 24.2. The molecule has 10 unspecified atom stereocenters. The first-order chi connectivity index (χ1) is 19.7. The van der Waals surface area contributed by atoms with Crippen molar-refractivity contribution in [3.8, 4) is 0 Å². The third kappa shape index (κ3) is 9.59. The van der Waals surface area contributed by atoms with Crippen molar-refractivity contribution in [1.29, 1.82) is 0 Å². The standard InChI is InChI=1S/C25H36O17/c1-10(27)35-18-16(8-26)41-25(23(40-15(6)32)20(18)37-12(3)29)34-9-17-19(36-11(2)28)21(38-13(4)30)22(39-14(5)31)24(33-7)42-17/h16-26H,8-9H2,1-7H3. The van der Waals surface area contributed by atoms with Crippen molar-refractivity contribution in [3.63, 3.8) is 0 Å². The fourth-order valence-corrected chi connectivity index (χ4v) is 4.50. The topological polar surface area (TPSA) is 215 Å². The molecule has 2 aliphatic rings. The third-order valence-electron chi connectivity index (χ3n) is 5.83. The molecule has 17 nitrogen and oxygen atoms in total. The molecule has 0 aliphatic carbocycles. The van der Waals surface area contributed by atoms with Gasteiger partial charge in [-0.05, 0) is 0 Å². The second-order valence-corrected chi connectivity index (χ2v) is 9.28. The van der Waals surface area contributed by atoms with Gasteiger partial charge < -0.3 is 52.5 Å². The number of aliphatic hydroxyl groups is 1. The minimum Gasteiger partial charge on any atom is -0.456 e. The smallest absolute Gasteiger partial charge is 0.303 e. The fraction of sp³-hybridized carbons (Fsp3) is 0.760. The van der Waals surface area contributed by atoms with E-state index in [1.54, 1.807) is 0 Å². The highest BCUT2D eigenvalue weighted by atomic mass is 16.8. The zero-order valence-electron chi connectivity index (χ0n) is 24.2. The SMILES string of the molecule is COC1OC(COC2OC(CO)C(OC(C)=O)C(OC(C)=O)C2OC(C)=O)C(OC(C)=O)C(OC(C)=O)C1OC(C)=O. The van der Waals surface area contributed by atoms with Gasteiger partial charge in [-0.3, -0.25) is 28.8 Å². The average molecular weight is 609 g/mol. The molecule has 0 amide bonds. The Morgan fingerprint density at radius 3 is 1.24 bits per heavy atom.